The van der Waals surface area contributed by atoms with Crippen LogP contribution in [0.2, 0.25) is 0 Å². The molecular weight excluding hydrogens is 184 g/mol. The second kappa shape index (κ2) is 4.98. The second-order valence-corrected chi connectivity index (χ2v) is 3.93. The minimum Gasteiger partial charge on any atom is -0.481 e. The maximum Gasteiger partial charge on any atom is 0.306 e. The number of carboxylic acids is 2. The number of rotatable bonds is 2. The van der Waals surface area contributed by atoms with Crippen molar-refractivity contribution >= 4 is 11.9 Å². The maximum atomic E-state index is 10.2. The van der Waals surface area contributed by atoms with Gasteiger partial charge in [0, 0.05) is 0 Å². The van der Waals surface area contributed by atoms with Crippen molar-refractivity contribution in [1.29, 1.82) is 0 Å². The standard InChI is InChI=1S/C6H10O2.C4H6O2/c7-6(8)5-3-1-2-4-5;5-4(6)3-1-2-3/h5H,1-4H2,(H,7,8);3H,1-2H2,(H,5,6). The average molecular weight is 200 g/mol. The third-order valence-electron chi connectivity index (χ3n) is 2.63. The lowest BCUT2D eigenvalue weighted by molar-refractivity contribution is -0.141. The molecule has 0 unspecified atom stereocenters. The summed E-state index contributed by atoms with van der Waals surface area (Å²) in [5.74, 6) is -1.24. The van der Waals surface area contributed by atoms with Crippen LogP contribution in [0, 0.1) is 11.8 Å². The molecule has 0 aromatic heterocycles. The van der Waals surface area contributed by atoms with E-state index in [9.17, 15) is 9.59 Å². The Bertz CT molecular complexity index is 214. The Balaban J connectivity index is 0.000000146. The number of hydrogen-bond acceptors (Lipinski definition) is 2. The summed E-state index contributed by atoms with van der Waals surface area (Å²) in [7, 11) is 0. The predicted octanol–water partition coefficient (Wildman–Crippen LogP) is 1.74. The zero-order valence-corrected chi connectivity index (χ0v) is 8.11. The minimum atomic E-state index is -0.630. The van der Waals surface area contributed by atoms with E-state index in [1.54, 1.807) is 0 Å². The van der Waals surface area contributed by atoms with Gasteiger partial charge in [-0.3, -0.25) is 9.59 Å². The summed E-state index contributed by atoms with van der Waals surface area (Å²) < 4.78 is 0. The molecule has 0 bridgehead atoms. The third kappa shape index (κ3) is 3.77. The molecule has 2 fully saturated rings. The van der Waals surface area contributed by atoms with Crippen LogP contribution in [0.4, 0.5) is 0 Å². The lowest BCUT2D eigenvalue weighted by atomic mass is 10.1. The molecular formula is C10H16O4. The molecule has 80 valence electrons. The highest BCUT2D eigenvalue weighted by Crippen LogP contribution is 2.28. The SMILES string of the molecule is O=C(O)C1CC1.O=C(O)C1CCCC1. The molecule has 0 saturated heterocycles. The Morgan fingerprint density at radius 3 is 1.29 bits per heavy atom. The first kappa shape index (κ1) is 11.0. The highest BCUT2D eigenvalue weighted by atomic mass is 16.4. The molecule has 0 atom stereocenters. The molecule has 0 aromatic rings. The summed E-state index contributed by atoms with van der Waals surface area (Å²) in [5.41, 5.74) is 0. The van der Waals surface area contributed by atoms with Crippen molar-refractivity contribution in [3.05, 3.63) is 0 Å². The van der Waals surface area contributed by atoms with E-state index in [4.69, 9.17) is 10.2 Å². The molecule has 2 rings (SSSR count). The van der Waals surface area contributed by atoms with Gasteiger partial charge in [-0.15, -0.1) is 0 Å². The van der Waals surface area contributed by atoms with E-state index in [0.29, 0.717) is 0 Å². The molecule has 4 nitrogen and oxygen atoms in total. The fourth-order valence-electron chi connectivity index (χ4n) is 1.50. The van der Waals surface area contributed by atoms with E-state index in [0.717, 1.165) is 38.5 Å². The van der Waals surface area contributed by atoms with Crippen molar-refractivity contribution in [2.75, 3.05) is 0 Å². The molecule has 2 aliphatic rings. The summed E-state index contributed by atoms with van der Waals surface area (Å²) in [6.07, 6.45) is 5.81. The Morgan fingerprint density at radius 2 is 1.14 bits per heavy atom. The van der Waals surface area contributed by atoms with Crippen molar-refractivity contribution in [1.82, 2.24) is 0 Å². The molecule has 2 saturated carbocycles. The van der Waals surface area contributed by atoms with Gasteiger partial charge in [0.25, 0.3) is 0 Å². The van der Waals surface area contributed by atoms with Gasteiger partial charge in [-0.1, -0.05) is 12.8 Å². The van der Waals surface area contributed by atoms with Crippen LogP contribution in [0.25, 0.3) is 0 Å². The van der Waals surface area contributed by atoms with Crippen LogP contribution in [0.1, 0.15) is 38.5 Å². The van der Waals surface area contributed by atoms with Gasteiger partial charge in [-0.05, 0) is 25.7 Å². The fourth-order valence-corrected chi connectivity index (χ4v) is 1.50. The zero-order chi connectivity index (χ0) is 10.6. The normalized spacial score (nSPS) is 21.1. The van der Waals surface area contributed by atoms with Crippen LogP contribution in [-0.2, 0) is 9.59 Å². The molecule has 0 heterocycles. The maximum absolute atomic E-state index is 10.2. The summed E-state index contributed by atoms with van der Waals surface area (Å²) in [6.45, 7) is 0. The second-order valence-electron chi connectivity index (χ2n) is 3.93. The summed E-state index contributed by atoms with van der Waals surface area (Å²) in [4.78, 5) is 20.0. The molecule has 2 N–H and O–H groups in total. The summed E-state index contributed by atoms with van der Waals surface area (Å²) in [6, 6.07) is 0. The topological polar surface area (TPSA) is 74.6 Å². The monoisotopic (exact) mass is 200 g/mol. The number of carbonyl (C=O) groups is 2. The molecule has 0 amide bonds. The molecule has 0 aromatic carbocycles. The van der Waals surface area contributed by atoms with Crippen LogP contribution in [0.3, 0.4) is 0 Å². The fraction of sp³-hybridized carbons (Fsp3) is 0.800. The first-order valence-corrected chi connectivity index (χ1v) is 5.07. The average Bonchev–Trinajstić information content (AvgIpc) is 2.82. The van der Waals surface area contributed by atoms with Crippen LogP contribution in [0.5, 0.6) is 0 Å². The molecule has 4 heteroatoms. The molecule has 0 aliphatic heterocycles. The van der Waals surface area contributed by atoms with Gasteiger partial charge >= 0.3 is 11.9 Å². The lowest BCUT2D eigenvalue weighted by Gasteiger charge is -1.97. The van der Waals surface area contributed by atoms with Gasteiger partial charge in [0.05, 0.1) is 11.8 Å². The van der Waals surface area contributed by atoms with Crippen LogP contribution in [-0.4, -0.2) is 22.2 Å². The minimum absolute atomic E-state index is 0.0185. The van der Waals surface area contributed by atoms with Gasteiger partial charge in [0.2, 0.25) is 0 Å². The van der Waals surface area contributed by atoms with Crippen molar-refractivity contribution in [3.8, 4) is 0 Å². The van der Waals surface area contributed by atoms with E-state index < -0.39 is 11.9 Å². The van der Waals surface area contributed by atoms with Crippen molar-refractivity contribution < 1.29 is 19.8 Å². The van der Waals surface area contributed by atoms with Gasteiger partial charge in [0.1, 0.15) is 0 Å². The van der Waals surface area contributed by atoms with Crippen molar-refractivity contribution in [2.24, 2.45) is 11.8 Å². The number of hydrogen-bond donors (Lipinski definition) is 2. The lowest BCUT2D eigenvalue weighted by Crippen LogP contribution is -2.07. The van der Waals surface area contributed by atoms with Gasteiger partial charge in [-0.25, -0.2) is 0 Å². The largest absolute Gasteiger partial charge is 0.481 e. The van der Waals surface area contributed by atoms with Crippen LogP contribution >= 0.6 is 0 Å². The number of aliphatic carboxylic acids is 2. The Hall–Kier alpha value is -1.06. The third-order valence-corrected chi connectivity index (χ3v) is 2.63. The van der Waals surface area contributed by atoms with Crippen molar-refractivity contribution in [3.63, 3.8) is 0 Å². The zero-order valence-electron chi connectivity index (χ0n) is 8.11. The Labute approximate surface area is 82.9 Å². The highest BCUT2D eigenvalue weighted by Gasteiger charge is 2.28. The van der Waals surface area contributed by atoms with Gasteiger partial charge in [0.15, 0.2) is 0 Å². The molecule has 0 spiro atoms. The van der Waals surface area contributed by atoms with E-state index in [1.165, 1.54) is 0 Å². The molecule has 2 aliphatic carbocycles. The quantitative estimate of drug-likeness (QED) is 0.712. The summed E-state index contributed by atoms with van der Waals surface area (Å²) in [5, 5.41) is 16.5. The highest BCUT2D eigenvalue weighted by molar-refractivity contribution is 5.72. The van der Waals surface area contributed by atoms with Crippen LogP contribution < -0.4 is 0 Å². The number of carboxylic acid groups (broad SMARTS) is 2. The van der Waals surface area contributed by atoms with Gasteiger partial charge in [-0.2, -0.15) is 0 Å². The van der Waals surface area contributed by atoms with Gasteiger partial charge < -0.3 is 10.2 Å². The Morgan fingerprint density at radius 1 is 0.786 bits per heavy atom. The predicted molar refractivity (Wildman–Crippen MR) is 50.0 cm³/mol. The first-order valence-electron chi connectivity index (χ1n) is 5.07. The van der Waals surface area contributed by atoms with E-state index in [-0.39, 0.29) is 11.8 Å². The van der Waals surface area contributed by atoms with E-state index in [1.807, 2.05) is 0 Å². The van der Waals surface area contributed by atoms with E-state index >= 15 is 0 Å². The smallest absolute Gasteiger partial charge is 0.306 e. The summed E-state index contributed by atoms with van der Waals surface area (Å²) >= 11 is 0. The van der Waals surface area contributed by atoms with Crippen LogP contribution in [0.15, 0.2) is 0 Å². The first-order chi connectivity index (χ1) is 6.61. The molecule has 0 radical (unpaired) electrons. The van der Waals surface area contributed by atoms with Crippen molar-refractivity contribution in [2.45, 2.75) is 38.5 Å². The van der Waals surface area contributed by atoms with E-state index in [2.05, 4.69) is 0 Å². The Kier molecular flexibility index (Phi) is 3.92. The molecule has 14 heavy (non-hydrogen) atoms.